The standard InChI is InChI=1S/C19H16BrN3O4S2/c1-12(24)21-14-6-8-15(9-7-14)22-19(25)13-2-4-16(5-3-13)23-29(26,27)18-11-10-17(20)28-18/h2-11,23H,1H3,(H,21,24)(H,22,25). The molecule has 0 unspecified atom stereocenters. The minimum Gasteiger partial charge on any atom is -0.326 e. The van der Waals surface area contributed by atoms with Crippen molar-refractivity contribution in [2.45, 2.75) is 11.1 Å². The van der Waals surface area contributed by atoms with E-state index in [-0.39, 0.29) is 16.0 Å². The molecule has 0 radical (unpaired) electrons. The van der Waals surface area contributed by atoms with Crippen LogP contribution in [0.1, 0.15) is 17.3 Å². The highest BCUT2D eigenvalue weighted by Gasteiger charge is 2.17. The van der Waals surface area contributed by atoms with Crippen molar-refractivity contribution < 1.29 is 18.0 Å². The molecule has 1 heterocycles. The van der Waals surface area contributed by atoms with Gasteiger partial charge in [0.2, 0.25) is 5.91 Å². The van der Waals surface area contributed by atoms with Crippen LogP contribution < -0.4 is 15.4 Å². The number of nitrogens with one attached hydrogen (secondary N) is 3. The van der Waals surface area contributed by atoms with Gasteiger partial charge >= 0.3 is 0 Å². The summed E-state index contributed by atoms with van der Waals surface area (Å²) in [6.07, 6.45) is 0. The molecule has 0 aliphatic heterocycles. The molecule has 29 heavy (non-hydrogen) atoms. The molecular weight excluding hydrogens is 478 g/mol. The first-order valence-corrected chi connectivity index (χ1v) is 11.4. The Hall–Kier alpha value is -2.69. The van der Waals surface area contributed by atoms with Gasteiger partial charge in [-0.05, 0) is 76.6 Å². The summed E-state index contributed by atoms with van der Waals surface area (Å²) >= 11 is 4.35. The molecule has 3 aromatic rings. The molecule has 2 amide bonds. The van der Waals surface area contributed by atoms with Gasteiger partial charge in [0, 0.05) is 29.5 Å². The normalized spacial score (nSPS) is 11.0. The summed E-state index contributed by atoms with van der Waals surface area (Å²) in [6.45, 7) is 1.42. The van der Waals surface area contributed by atoms with Crippen LogP contribution in [-0.4, -0.2) is 20.2 Å². The molecule has 0 aliphatic carbocycles. The predicted octanol–water partition coefficient (Wildman–Crippen LogP) is 4.52. The Bertz CT molecular complexity index is 1140. The quantitative estimate of drug-likeness (QED) is 0.469. The highest BCUT2D eigenvalue weighted by atomic mass is 79.9. The second-order valence-electron chi connectivity index (χ2n) is 5.95. The average Bonchev–Trinajstić information content (AvgIpc) is 3.11. The molecule has 0 fully saturated rings. The van der Waals surface area contributed by atoms with Gasteiger partial charge in [0.05, 0.1) is 3.79 Å². The van der Waals surface area contributed by atoms with Crippen LogP contribution in [0.25, 0.3) is 0 Å². The maximum atomic E-state index is 12.4. The van der Waals surface area contributed by atoms with Crippen molar-refractivity contribution >= 4 is 66.2 Å². The smallest absolute Gasteiger partial charge is 0.271 e. The van der Waals surface area contributed by atoms with Gasteiger partial charge in [0.1, 0.15) is 4.21 Å². The summed E-state index contributed by atoms with van der Waals surface area (Å²) in [5.74, 6) is -0.516. The summed E-state index contributed by atoms with van der Waals surface area (Å²) in [4.78, 5) is 23.4. The van der Waals surface area contributed by atoms with Crippen molar-refractivity contribution in [1.29, 1.82) is 0 Å². The molecule has 0 saturated carbocycles. The van der Waals surface area contributed by atoms with E-state index in [1.807, 2.05) is 0 Å². The third kappa shape index (κ3) is 5.66. The fourth-order valence-electron chi connectivity index (χ4n) is 2.38. The van der Waals surface area contributed by atoms with Gasteiger partial charge in [-0.25, -0.2) is 8.42 Å². The van der Waals surface area contributed by atoms with Gasteiger partial charge in [0.15, 0.2) is 0 Å². The lowest BCUT2D eigenvalue weighted by Crippen LogP contribution is -2.13. The maximum absolute atomic E-state index is 12.4. The lowest BCUT2D eigenvalue weighted by Gasteiger charge is -2.09. The predicted molar refractivity (Wildman–Crippen MR) is 118 cm³/mol. The minimum absolute atomic E-state index is 0.177. The Morgan fingerprint density at radius 1 is 0.828 bits per heavy atom. The second-order valence-corrected chi connectivity index (χ2v) is 10.3. The highest BCUT2D eigenvalue weighted by Crippen LogP contribution is 2.27. The lowest BCUT2D eigenvalue weighted by atomic mass is 10.2. The number of hydrogen-bond donors (Lipinski definition) is 3. The van der Waals surface area contributed by atoms with Crippen molar-refractivity contribution in [1.82, 2.24) is 0 Å². The molecule has 1 aromatic heterocycles. The van der Waals surface area contributed by atoms with Crippen LogP contribution in [0.4, 0.5) is 17.1 Å². The zero-order chi connectivity index (χ0) is 21.0. The highest BCUT2D eigenvalue weighted by molar-refractivity contribution is 9.11. The number of rotatable bonds is 6. The van der Waals surface area contributed by atoms with E-state index in [0.29, 0.717) is 22.6 Å². The molecule has 3 rings (SSSR count). The Balaban J connectivity index is 1.65. The van der Waals surface area contributed by atoms with E-state index in [1.54, 1.807) is 30.3 Å². The zero-order valence-corrected chi connectivity index (χ0v) is 18.3. The van der Waals surface area contributed by atoms with E-state index in [2.05, 4.69) is 31.3 Å². The topological polar surface area (TPSA) is 104 Å². The number of sulfonamides is 1. The number of carbonyl (C=O) groups excluding carboxylic acids is 2. The first-order chi connectivity index (χ1) is 13.7. The Morgan fingerprint density at radius 2 is 1.38 bits per heavy atom. The van der Waals surface area contributed by atoms with Crippen LogP contribution in [-0.2, 0) is 14.8 Å². The number of hydrogen-bond acceptors (Lipinski definition) is 5. The summed E-state index contributed by atoms with van der Waals surface area (Å²) < 4.78 is 28.1. The molecule has 7 nitrogen and oxygen atoms in total. The minimum atomic E-state index is -3.68. The monoisotopic (exact) mass is 493 g/mol. The van der Waals surface area contributed by atoms with E-state index in [4.69, 9.17) is 0 Å². The average molecular weight is 494 g/mol. The largest absolute Gasteiger partial charge is 0.326 e. The number of thiophene rings is 1. The van der Waals surface area contributed by atoms with E-state index in [1.165, 1.54) is 37.3 Å². The van der Waals surface area contributed by atoms with Gasteiger partial charge in [0.25, 0.3) is 15.9 Å². The van der Waals surface area contributed by atoms with Gasteiger partial charge in [-0.3, -0.25) is 14.3 Å². The van der Waals surface area contributed by atoms with Crippen molar-refractivity contribution in [3.63, 3.8) is 0 Å². The first kappa shape index (κ1) is 21.0. The van der Waals surface area contributed by atoms with Crippen LogP contribution in [0.5, 0.6) is 0 Å². The van der Waals surface area contributed by atoms with Crippen molar-refractivity contribution in [3.8, 4) is 0 Å². The Morgan fingerprint density at radius 3 is 1.90 bits per heavy atom. The number of amides is 2. The molecule has 3 N–H and O–H groups in total. The summed E-state index contributed by atoms with van der Waals surface area (Å²) in [7, 11) is -3.68. The van der Waals surface area contributed by atoms with Crippen molar-refractivity contribution in [2.75, 3.05) is 15.4 Å². The maximum Gasteiger partial charge on any atom is 0.271 e. The Kier molecular flexibility index (Phi) is 6.36. The van der Waals surface area contributed by atoms with Gasteiger partial charge in [-0.1, -0.05) is 0 Å². The van der Waals surface area contributed by atoms with Gasteiger partial charge in [-0.15, -0.1) is 11.3 Å². The number of halogens is 1. The van der Waals surface area contributed by atoms with Crippen LogP contribution in [0, 0.1) is 0 Å². The molecule has 150 valence electrons. The molecular formula is C19H16BrN3O4S2. The molecule has 0 saturated heterocycles. The van der Waals surface area contributed by atoms with Crippen LogP contribution >= 0.6 is 27.3 Å². The SMILES string of the molecule is CC(=O)Nc1ccc(NC(=O)c2ccc(NS(=O)(=O)c3ccc(Br)s3)cc2)cc1. The van der Waals surface area contributed by atoms with Gasteiger partial charge < -0.3 is 10.6 Å². The summed E-state index contributed by atoms with van der Waals surface area (Å²) in [6, 6.07) is 16.0. The third-order valence-corrected chi connectivity index (χ3v) is 7.17. The van der Waals surface area contributed by atoms with E-state index in [9.17, 15) is 18.0 Å². The van der Waals surface area contributed by atoms with E-state index >= 15 is 0 Å². The van der Waals surface area contributed by atoms with Gasteiger partial charge in [-0.2, -0.15) is 0 Å². The van der Waals surface area contributed by atoms with E-state index < -0.39 is 10.0 Å². The number of benzene rings is 2. The molecule has 0 aliphatic rings. The Labute approximate surface area is 180 Å². The summed E-state index contributed by atoms with van der Waals surface area (Å²) in [5, 5.41) is 5.39. The lowest BCUT2D eigenvalue weighted by molar-refractivity contribution is -0.114. The molecule has 2 aromatic carbocycles. The van der Waals surface area contributed by atoms with Crippen molar-refractivity contribution in [3.05, 3.63) is 70.0 Å². The van der Waals surface area contributed by atoms with E-state index in [0.717, 1.165) is 15.1 Å². The molecule has 0 atom stereocenters. The van der Waals surface area contributed by atoms with Crippen LogP contribution in [0.15, 0.2) is 68.7 Å². The summed E-state index contributed by atoms with van der Waals surface area (Å²) in [5.41, 5.74) is 1.92. The number of carbonyl (C=O) groups is 2. The second kappa shape index (κ2) is 8.76. The molecule has 0 bridgehead atoms. The number of anilines is 3. The fraction of sp³-hybridized carbons (Fsp3) is 0.0526. The zero-order valence-electron chi connectivity index (χ0n) is 15.1. The fourth-order valence-corrected chi connectivity index (χ4v) is 5.45. The molecule has 0 spiro atoms. The van der Waals surface area contributed by atoms with Crippen LogP contribution in [0.3, 0.4) is 0 Å². The third-order valence-electron chi connectivity index (χ3n) is 3.68. The van der Waals surface area contributed by atoms with Crippen LogP contribution in [0.2, 0.25) is 0 Å². The first-order valence-electron chi connectivity index (χ1n) is 8.30. The molecule has 10 heteroatoms. The van der Waals surface area contributed by atoms with Crippen molar-refractivity contribution in [2.24, 2.45) is 0 Å².